The van der Waals surface area contributed by atoms with E-state index in [4.69, 9.17) is 0 Å². The Bertz CT molecular complexity index is 538. The average molecular weight is 271 g/mol. The number of aliphatic hydroxyl groups is 1. The number of aromatic amines is 1. The molecule has 1 saturated carbocycles. The number of nitrogens with one attached hydrogen (secondary N) is 2. The van der Waals surface area contributed by atoms with Gasteiger partial charge in [0, 0.05) is 18.7 Å². The zero-order valence-corrected chi connectivity index (χ0v) is 11.5. The Kier molecular flexibility index (Phi) is 4.14. The van der Waals surface area contributed by atoms with Crippen molar-refractivity contribution >= 4 is 0 Å². The van der Waals surface area contributed by atoms with Gasteiger partial charge in [-0.15, -0.1) is 0 Å². The summed E-state index contributed by atoms with van der Waals surface area (Å²) >= 11 is 0. The quantitative estimate of drug-likeness (QED) is 0.782. The maximum absolute atomic E-state index is 9.82. The number of hydrogen-bond donors (Lipinski definition) is 3. The molecule has 1 heterocycles. The lowest BCUT2D eigenvalue weighted by atomic mass is 10.1. The van der Waals surface area contributed by atoms with E-state index in [2.05, 4.69) is 27.6 Å². The summed E-state index contributed by atoms with van der Waals surface area (Å²) in [5.74, 6) is 0.405. The van der Waals surface area contributed by atoms with Gasteiger partial charge in [-0.2, -0.15) is 5.10 Å². The molecule has 0 amide bonds. The molecule has 2 aromatic rings. The molecule has 20 heavy (non-hydrogen) atoms. The van der Waals surface area contributed by atoms with E-state index in [0.717, 1.165) is 43.6 Å². The van der Waals surface area contributed by atoms with Crippen molar-refractivity contribution in [2.24, 2.45) is 5.92 Å². The Hall–Kier alpha value is -1.65. The van der Waals surface area contributed by atoms with Crippen LogP contribution in [-0.4, -0.2) is 28.0 Å². The Labute approximate surface area is 119 Å². The molecule has 4 heteroatoms. The van der Waals surface area contributed by atoms with Crippen molar-refractivity contribution in [3.05, 3.63) is 42.1 Å². The highest BCUT2D eigenvalue weighted by Crippen LogP contribution is 2.25. The highest BCUT2D eigenvalue weighted by molar-refractivity contribution is 5.62. The van der Waals surface area contributed by atoms with E-state index in [-0.39, 0.29) is 6.10 Å². The van der Waals surface area contributed by atoms with Gasteiger partial charge in [0.2, 0.25) is 0 Å². The summed E-state index contributed by atoms with van der Waals surface area (Å²) in [6.45, 7) is 1.66. The first-order valence-electron chi connectivity index (χ1n) is 7.31. The number of benzene rings is 1. The fraction of sp³-hybridized carbons (Fsp3) is 0.438. The summed E-state index contributed by atoms with van der Waals surface area (Å²) in [6, 6.07) is 10.2. The van der Waals surface area contributed by atoms with Crippen LogP contribution in [-0.2, 0) is 6.54 Å². The van der Waals surface area contributed by atoms with Crippen LogP contribution in [0.25, 0.3) is 11.3 Å². The lowest BCUT2D eigenvalue weighted by Crippen LogP contribution is -2.27. The van der Waals surface area contributed by atoms with Crippen molar-refractivity contribution < 1.29 is 5.11 Å². The van der Waals surface area contributed by atoms with Crippen LogP contribution in [0.1, 0.15) is 24.8 Å². The maximum Gasteiger partial charge on any atom is 0.0695 e. The minimum absolute atomic E-state index is 0.125. The molecule has 2 unspecified atom stereocenters. The number of hydrogen-bond acceptors (Lipinski definition) is 3. The van der Waals surface area contributed by atoms with Crippen LogP contribution in [0.15, 0.2) is 36.5 Å². The van der Waals surface area contributed by atoms with Crippen LogP contribution >= 0.6 is 0 Å². The number of rotatable bonds is 5. The molecular weight excluding hydrogens is 250 g/mol. The van der Waals surface area contributed by atoms with Gasteiger partial charge in [0.25, 0.3) is 0 Å². The van der Waals surface area contributed by atoms with Crippen molar-refractivity contribution in [1.29, 1.82) is 0 Å². The average Bonchev–Trinajstić information content (AvgIpc) is 3.10. The molecular formula is C16H21N3O. The number of aliphatic hydroxyl groups excluding tert-OH is 1. The summed E-state index contributed by atoms with van der Waals surface area (Å²) in [5.41, 5.74) is 3.40. The van der Waals surface area contributed by atoms with Gasteiger partial charge in [0.05, 0.1) is 18.0 Å². The molecule has 4 nitrogen and oxygen atoms in total. The van der Waals surface area contributed by atoms with E-state index < -0.39 is 0 Å². The van der Waals surface area contributed by atoms with E-state index >= 15 is 0 Å². The number of aromatic nitrogens is 2. The van der Waals surface area contributed by atoms with Gasteiger partial charge in [0.15, 0.2) is 0 Å². The van der Waals surface area contributed by atoms with Crippen LogP contribution in [0, 0.1) is 5.92 Å². The van der Waals surface area contributed by atoms with Gasteiger partial charge >= 0.3 is 0 Å². The first-order valence-corrected chi connectivity index (χ1v) is 7.31. The second kappa shape index (κ2) is 6.20. The van der Waals surface area contributed by atoms with Gasteiger partial charge in [-0.05, 0) is 24.3 Å². The number of H-pyrrole nitrogens is 1. The highest BCUT2D eigenvalue weighted by atomic mass is 16.3. The molecule has 0 spiro atoms. The molecule has 0 radical (unpaired) electrons. The van der Waals surface area contributed by atoms with Gasteiger partial charge in [0.1, 0.15) is 0 Å². The van der Waals surface area contributed by atoms with E-state index in [1.165, 1.54) is 5.56 Å². The Morgan fingerprint density at radius 3 is 2.85 bits per heavy atom. The first kappa shape index (κ1) is 13.3. The normalized spacial score (nSPS) is 22.2. The summed E-state index contributed by atoms with van der Waals surface area (Å²) < 4.78 is 0. The fourth-order valence-corrected chi connectivity index (χ4v) is 2.95. The molecule has 0 bridgehead atoms. The minimum Gasteiger partial charge on any atom is -0.393 e. The standard InChI is InChI=1S/C16H21N3O/c20-15-8-4-7-13(15)9-17-10-14-11-18-19-16(14)12-5-2-1-3-6-12/h1-3,5-6,11,13,15,17,20H,4,7-10H2,(H,18,19). The molecule has 3 rings (SSSR count). The summed E-state index contributed by atoms with van der Waals surface area (Å²) in [6.07, 6.45) is 4.98. The van der Waals surface area contributed by atoms with Crippen molar-refractivity contribution in [2.45, 2.75) is 31.9 Å². The molecule has 1 aliphatic carbocycles. The van der Waals surface area contributed by atoms with Gasteiger partial charge in [-0.3, -0.25) is 5.10 Å². The lowest BCUT2D eigenvalue weighted by molar-refractivity contribution is 0.131. The maximum atomic E-state index is 9.82. The molecule has 1 aromatic carbocycles. The van der Waals surface area contributed by atoms with E-state index in [1.807, 2.05) is 24.4 Å². The van der Waals surface area contributed by atoms with Crippen LogP contribution < -0.4 is 5.32 Å². The second-order valence-corrected chi connectivity index (χ2v) is 5.53. The molecule has 0 saturated heterocycles. The molecule has 2 atom stereocenters. The van der Waals surface area contributed by atoms with Gasteiger partial charge in [-0.25, -0.2) is 0 Å². The number of nitrogens with zero attached hydrogens (tertiary/aromatic N) is 1. The van der Waals surface area contributed by atoms with Crippen molar-refractivity contribution in [1.82, 2.24) is 15.5 Å². The Morgan fingerprint density at radius 1 is 1.25 bits per heavy atom. The zero-order valence-electron chi connectivity index (χ0n) is 11.5. The van der Waals surface area contributed by atoms with Crippen molar-refractivity contribution in [2.75, 3.05) is 6.54 Å². The molecule has 3 N–H and O–H groups in total. The van der Waals surface area contributed by atoms with Crippen molar-refractivity contribution in [3.63, 3.8) is 0 Å². The molecule has 106 valence electrons. The monoisotopic (exact) mass is 271 g/mol. The third-order valence-electron chi connectivity index (χ3n) is 4.12. The molecule has 1 aliphatic rings. The van der Waals surface area contributed by atoms with E-state index in [0.29, 0.717) is 5.92 Å². The second-order valence-electron chi connectivity index (χ2n) is 5.53. The molecule has 0 aliphatic heterocycles. The van der Waals surface area contributed by atoms with Gasteiger partial charge in [-0.1, -0.05) is 36.8 Å². The smallest absolute Gasteiger partial charge is 0.0695 e. The predicted molar refractivity (Wildman–Crippen MR) is 79.1 cm³/mol. The highest BCUT2D eigenvalue weighted by Gasteiger charge is 2.24. The van der Waals surface area contributed by atoms with Crippen LogP contribution in [0.2, 0.25) is 0 Å². The van der Waals surface area contributed by atoms with Gasteiger partial charge < -0.3 is 10.4 Å². The predicted octanol–water partition coefficient (Wildman–Crippen LogP) is 2.33. The van der Waals surface area contributed by atoms with E-state index in [9.17, 15) is 5.11 Å². The van der Waals surface area contributed by atoms with Crippen LogP contribution in [0.4, 0.5) is 0 Å². The third-order valence-corrected chi connectivity index (χ3v) is 4.12. The Balaban J connectivity index is 1.60. The van der Waals surface area contributed by atoms with Crippen LogP contribution in [0.5, 0.6) is 0 Å². The molecule has 1 fully saturated rings. The van der Waals surface area contributed by atoms with Crippen molar-refractivity contribution in [3.8, 4) is 11.3 Å². The minimum atomic E-state index is -0.125. The topological polar surface area (TPSA) is 60.9 Å². The first-order chi connectivity index (χ1) is 9.84. The SMILES string of the molecule is OC1CCCC1CNCc1cn[nH]c1-c1ccccc1. The Morgan fingerprint density at radius 2 is 2.10 bits per heavy atom. The van der Waals surface area contributed by atoms with Crippen LogP contribution in [0.3, 0.4) is 0 Å². The summed E-state index contributed by atoms with van der Waals surface area (Å²) in [5, 5.41) is 20.5. The molecule has 1 aromatic heterocycles. The largest absolute Gasteiger partial charge is 0.393 e. The summed E-state index contributed by atoms with van der Waals surface area (Å²) in [4.78, 5) is 0. The lowest BCUT2D eigenvalue weighted by Gasteiger charge is -2.15. The fourth-order valence-electron chi connectivity index (χ4n) is 2.95. The zero-order chi connectivity index (χ0) is 13.8. The summed E-state index contributed by atoms with van der Waals surface area (Å²) in [7, 11) is 0. The third kappa shape index (κ3) is 2.92. The van der Waals surface area contributed by atoms with E-state index in [1.54, 1.807) is 0 Å².